The summed E-state index contributed by atoms with van der Waals surface area (Å²) < 4.78 is 16.0. The fraction of sp³-hybridized carbons (Fsp3) is 0.375. The van der Waals surface area contributed by atoms with Crippen LogP contribution in [0.5, 0.6) is 11.5 Å². The number of carbonyl (C=O) groups is 1. The van der Waals surface area contributed by atoms with Crippen LogP contribution in [-0.4, -0.2) is 26.3 Å². The summed E-state index contributed by atoms with van der Waals surface area (Å²) in [6.45, 7) is 4.59. The summed E-state index contributed by atoms with van der Waals surface area (Å²) in [5.74, 6) is 1.43. The van der Waals surface area contributed by atoms with E-state index in [1.54, 1.807) is 7.11 Å². The van der Waals surface area contributed by atoms with Crippen molar-refractivity contribution in [3.05, 3.63) is 61.2 Å². The lowest BCUT2D eigenvalue weighted by Crippen LogP contribution is -2.01. The number of hydrogen-bond acceptors (Lipinski definition) is 4. The highest BCUT2D eigenvalue weighted by molar-refractivity contribution is 5.81. The molecule has 2 aromatic carbocycles. The van der Waals surface area contributed by atoms with Crippen LogP contribution in [-0.2, 0) is 9.53 Å². The minimum absolute atomic E-state index is 0.339. The number of unbranched alkanes of at least 4 members (excludes halogenated alkanes) is 5. The van der Waals surface area contributed by atoms with Gasteiger partial charge in [-0.25, -0.2) is 4.79 Å². The summed E-state index contributed by atoms with van der Waals surface area (Å²) in [5.41, 5.74) is 2.32. The number of rotatable bonds is 13. The molecule has 2 rings (SSSR count). The van der Waals surface area contributed by atoms with Crippen LogP contribution in [0.15, 0.2) is 61.2 Å². The van der Waals surface area contributed by atoms with Gasteiger partial charge in [-0.3, -0.25) is 0 Å². The Morgan fingerprint density at radius 1 is 0.786 bits per heavy atom. The molecule has 4 nitrogen and oxygen atoms in total. The molecule has 0 N–H and O–H groups in total. The zero-order chi connectivity index (χ0) is 20.0. The van der Waals surface area contributed by atoms with Crippen LogP contribution in [0.1, 0.15) is 38.5 Å². The van der Waals surface area contributed by atoms with Crippen LogP contribution in [0.25, 0.3) is 11.1 Å². The van der Waals surface area contributed by atoms with E-state index in [2.05, 4.69) is 30.8 Å². The van der Waals surface area contributed by atoms with Gasteiger partial charge in [0.25, 0.3) is 0 Å². The van der Waals surface area contributed by atoms with E-state index in [4.69, 9.17) is 14.2 Å². The number of hydrogen-bond donors (Lipinski definition) is 0. The molecule has 0 radical (unpaired) electrons. The molecule has 0 aliphatic heterocycles. The fourth-order valence-corrected chi connectivity index (χ4v) is 2.86. The highest BCUT2D eigenvalue weighted by Gasteiger charge is 2.00. The van der Waals surface area contributed by atoms with Crippen molar-refractivity contribution in [2.45, 2.75) is 38.5 Å². The molecule has 0 aromatic heterocycles. The Labute approximate surface area is 168 Å². The maximum Gasteiger partial charge on any atom is 0.330 e. The van der Waals surface area contributed by atoms with Gasteiger partial charge in [-0.15, -0.1) is 0 Å². The number of ether oxygens (including phenoxy) is 3. The molecule has 4 heteroatoms. The molecule has 0 spiro atoms. The van der Waals surface area contributed by atoms with Crippen LogP contribution >= 0.6 is 0 Å². The zero-order valence-electron chi connectivity index (χ0n) is 16.7. The third-order valence-corrected chi connectivity index (χ3v) is 4.50. The third-order valence-electron chi connectivity index (χ3n) is 4.50. The zero-order valence-corrected chi connectivity index (χ0v) is 16.7. The number of benzene rings is 2. The molecular weight excluding hydrogens is 352 g/mol. The minimum Gasteiger partial charge on any atom is -0.497 e. The van der Waals surface area contributed by atoms with E-state index in [-0.39, 0.29) is 5.97 Å². The molecule has 0 aliphatic carbocycles. The van der Waals surface area contributed by atoms with E-state index in [1.807, 2.05) is 24.3 Å². The topological polar surface area (TPSA) is 44.8 Å². The largest absolute Gasteiger partial charge is 0.497 e. The molecule has 0 saturated carbocycles. The van der Waals surface area contributed by atoms with Gasteiger partial charge in [-0.05, 0) is 48.2 Å². The van der Waals surface area contributed by atoms with Gasteiger partial charge in [0.15, 0.2) is 0 Å². The van der Waals surface area contributed by atoms with E-state index < -0.39 is 0 Å². The van der Waals surface area contributed by atoms with Crippen molar-refractivity contribution >= 4 is 5.97 Å². The van der Waals surface area contributed by atoms with Crippen molar-refractivity contribution in [3.8, 4) is 22.6 Å². The van der Waals surface area contributed by atoms with Gasteiger partial charge < -0.3 is 14.2 Å². The van der Waals surface area contributed by atoms with Gasteiger partial charge in [-0.1, -0.05) is 56.5 Å². The van der Waals surface area contributed by atoms with E-state index in [0.29, 0.717) is 6.61 Å². The number of methoxy groups -OCH3 is 1. The average molecular weight is 383 g/mol. The summed E-state index contributed by atoms with van der Waals surface area (Å²) in [7, 11) is 1.67. The summed E-state index contributed by atoms with van der Waals surface area (Å²) in [6, 6.07) is 16.2. The SMILES string of the molecule is C=CC(=O)OCCCCCCCCOc1ccc(-c2ccc(OC)cc2)cc1. The van der Waals surface area contributed by atoms with Crippen molar-refractivity contribution in [2.24, 2.45) is 0 Å². The molecule has 0 atom stereocenters. The lowest BCUT2D eigenvalue weighted by atomic mass is 10.1. The van der Waals surface area contributed by atoms with Crippen molar-refractivity contribution in [3.63, 3.8) is 0 Å². The molecule has 150 valence electrons. The van der Waals surface area contributed by atoms with Crippen LogP contribution in [0, 0.1) is 0 Å². The molecule has 0 amide bonds. The lowest BCUT2D eigenvalue weighted by Gasteiger charge is -2.08. The third kappa shape index (κ3) is 7.87. The van der Waals surface area contributed by atoms with Gasteiger partial charge in [0.1, 0.15) is 11.5 Å². The summed E-state index contributed by atoms with van der Waals surface area (Å²) >= 11 is 0. The van der Waals surface area contributed by atoms with E-state index in [1.165, 1.54) is 12.5 Å². The minimum atomic E-state index is -0.339. The Morgan fingerprint density at radius 3 is 1.82 bits per heavy atom. The molecule has 28 heavy (non-hydrogen) atoms. The molecule has 0 bridgehead atoms. The van der Waals surface area contributed by atoms with Crippen molar-refractivity contribution in [1.82, 2.24) is 0 Å². The predicted molar refractivity (Wildman–Crippen MR) is 113 cm³/mol. The van der Waals surface area contributed by atoms with Gasteiger partial charge in [0.05, 0.1) is 20.3 Å². The first-order valence-electron chi connectivity index (χ1n) is 9.89. The number of carbonyl (C=O) groups excluding carboxylic acids is 1. The quantitative estimate of drug-likeness (QED) is 0.249. The molecule has 0 aliphatic rings. The van der Waals surface area contributed by atoms with Crippen molar-refractivity contribution in [2.75, 3.05) is 20.3 Å². The monoisotopic (exact) mass is 382 g/mol. The second-order valence-corrected chi connectivity index (χ2v) is 6.59. The first-order chi connectivity index (χ1) is 13.7. The Bertz CT molecular complexity index is 704. The Morgan fingerprint density at radius 2 is 1.29 bits per heavy atom. The molecule has 2 aromatic rings. The Balaban J connectivity index is 1.56. The van der Waals surface area contributed by atoms with E-state index in [0.717, 1.165) is 61.3 Å². The van der Waals surface area contributed by atoms with Crippen LogP contribution in [0.3, 0.4) is 0 Å². The first-order valence-corrected chi connectivity index (χ1v) is 9.89. The van der Waals surface area contributed by atoms with Gasteiger partial charge in [0, 0.05) is 6.08 Å². The summed E-state index contributed by atoms with van der Waals surface area (Å²) in [4.78, 5) is 10.9. The predicted octanol–water partition coefficient (Wildman–Crippen LogP) is 5.81. The number of esters is 1. The van der Waals surface area contributed by atoms with Crippen molar-refractivity contribution < 1.29 is 19.0 Å². The fourth-order valence-electron chi connectivity index (χ4n) is 2.86. The highest BCUT2D eigenvalue weighted by Crippen LogP contribution is 2.24. The van der Waals surface area contributed by atoms with Gasteiger partial charge in [-0.2, -0.15) is 0 Å². The normalized spacial score (nSPS) is 10.3. The molecule has 0 fully saturated rings. The maximum absolute atomic E-state index is 10.9. The average Bonchev–Trinajstić information content (AvgIpc) is 2.75. The van der Waals surface area contributed by atoms with E-state index >= 15 is 0 Å². The summed E-state index contributed by atoms with van der Waals surface area (Å²) in [6.07, 6.45) is 7.72. The van der Waals surface area contributed by atoms with Gasteiger partial charge in [0.2, 0.25) is 0 Å². The second kappa shape index (κ2) is 12.6. The smallest absolute Gasteiger partial charge is 0.330 e. The van der Waals surface area contributed by atoms with Crippen LogP contribution in [0.4, 0.5) is 0 Å². The molecule has 0 unspecified atom stereocenters. The van der Waals surface area contributed by atoms with Crippen molar-refractivity contribution in [1.29, 1.82) is 0 Å². The lowest BCUT2D eigenvalue weighted by molar-refractivity contribution is -0.137. The standard InChI is InChI=1S/C24H30O4/c1-3-24(25)28-19-9-7-5-4-6-8-18-27-23-16-12-21(13-17-23)20-10-14-22(26-2)15-11-20/h3,10-17H,1,4-9,18-19H2,2H3. The Hall–Kier alpha value is -2.75. The molecular formula is C24H30O4. The van der Waals surface area contributed by atoms with E-state index in [9.17, 15) is 4.79 Å². The molecule has 0 saturated heterocycles. The Kier molecular flexibility index (Phi) is 9.70. The summed E-state index contributed by atoms with van der Waals surface area (Å²) in [5, 5.41) is 0. The van der Waals surface area contributed by atoms with Gasteiger partial charge >= 0.3 is 5.97 Å². The maximum atomic E-state index is 10.9. The first kappa shape index (κ1) is 21.5. The van der Waals surface area contributed by atoms with Crippen LogP contribution < -0.4 is 9.47 Å². The molecule has 0 heterocycles. The highest BCUT2D eigenvalue weighted by atomic mass is 16.5. The van der Waals surface area contributed by atoms with Crippen LogP contribution in [0.2, 0.25) is 0 Å². The second-order valence-electron chi connectivity index (χ2n) is 6.59.